The summed E-state index contributed by atoms with van der Waals surface area (Å²) in [6, 6.07) is 7.55. The highest BCUT2D eigenvalue weighted by Gasteiger charge is 2.57. The number of likely N-dealkylation sites (tertiary alicyclic amines) is 1. The summed E-state index contributed by atoms with van der Waals surface area (Å²) in [5.41, 5.74) is 0.229. The first-order valence-corrected chi connectivity index (χ1v) is 12.0. The van der Waals surface area contributed by atoms with Crippen LogP contribution in [0.2, 0.25) is 0 Å². The lowest BCUT2D eigenvalue weighted by Gasteiger charge is -2.34. The second kappa shape index (κ2) is 7.34. The van der Waals surface area contributed by atoms with Crippen LogP contribution in [0.15, 0.2) is 29.2 Å². The molecule has 1 N–H and O–H groups in total. The molecule has 154 valence electrons. The number of amides is 2. The normalized spacial score (nSPS) is 27.0. The maximum absolute atomic E-state index is 13.3. The zero-order valence-electron chi connectivity index (χ0n) is 16.9. The van der Waals surface area contributed by atoms with Crippen molar-refractivity contribution in [2.45, 2.75) is 68.8 Å². The summed E-state index contributed by atoms with van der Waals surface area (Å²) >= 11 is 0. The lowest BCUT2D eigenvalue weighted by atomic mass is 9.88. The van der Waals surface area contributed by atoms with Gasteiger partial charge in [-0.05, 0) is 43.2 Å². The molecule has 2 aliphatic heterocycles. The molecule has 0 aromatic heterocycles. The van der Waals surface area contributed by atoms with Gasteiger partial charge in [0.05, 0.1) is 10.4 Å². The highest BCUT2D eigenvalue weighted by Crippen LogP contribution is 2.49. The zero-order valence-corrected chi connectivity index (χ0v) is 17.7. The van der Waals surface area contributed by atoms with Gasteiger partial charge in [0.15, 0.2) is 0 Å². The van der Waals surface area contributed by atoms with E-state index < -0.39 is 15.6 Å². The monoisotopic (exact) mass is 405 g/mol. The molecule has 1 spiro atoms. The van der Waals surface area contributed by atoms with E-state index in [1.54, 1.807) is 16.4 Å². The molecule has 0 bridgehead atoms. The predicted octanol–water partition coefficient (Wildman–Crippen LogP) is 3.29. The molecular weight excluding hydrogens is 374 g/mol. The molecule has 1 saturated heterocycles. The number of sulfonamides is 1. The molecule has 1 aromatic carbocycles. The van der Waals surface area contributed by atoms with Crippen LogP contribution >= 0.6 is 0 Å². The third-order valence-electron chi connectivity index (χ3n) is 6.56. The fourth-order valence-corrected chi connectivity index (χ4v) is 7.07. The number of hydrogen-bond donors (Lipinski definition) is 1. The Morgan fingerprint density at radius 3 is 2.68 bits per heavy atom. The van der Waals surface area contributed by atoms with Crippen LogP contribution in [0.25, 0.3) is 0 Å². The fraction of sp³-hybridized carbons (Fsp3) is 0.667. The number of rotatable bonds is 4. The first-order chi connectivity index (χ1) is 13.3. The lowest BCUT2D eigenvalue weighted by Crippen LogP contribution is -2.49. The van der Waals surface area contributed by atoms with Crippen LogP contribution in [0.5, 0.6) is 0 Å². The van der Waals surface area contributed by atoms with Crippen molar-refractivity contribution in [2.75, 3.05) is 19.6 Å². The van der Waals surface area contributed by atoms with E-state index in [1.807, 2.05) is 17.0 Å². The number of hydrogen-bond acceptors (Lipinski definition) is 3. The van der Waals surface area contributed by atoms with Gasteiger partial charge < -0.3 is 10.2 Å². The molecule has 1 atom stereocenters. The second-order valence-electron chi connectivity index (χ2n) is 8.89. The first-order valence-electron chi connectivity index (χ1n) is 10.5. The number of nitrogens with zero attached hydrogens (tertiary/aromatic N) is 2. The molecule has 0 radical (unpaired) electrons. The Hall–Kier alpha value is -1.60. The summed E-state index contributed by atoms with van der Waals surface area (Å²) in [4.78, 5) is 15.1. The Morgan fingerprint density at radius 2 is 1.96 bits per heavy atom. The molecule has 1 aliphatic carbocycles. The predicted molar refractivity (Wildman–Crippen MR) is 108 cm³/mol. The highest BCUT2D eigenvalue weighted by atomic mass is 32.2. The number of fused-ring (bicyclic) bond motifs is 2. The Kier molecular flexibility index (Phi) is 5.16. The summed E-state index contributed by atoms with van der Waals surface area (Å²) in [7, 11) is -3.53. The van der Waals surface area contributed by atoms with Gasteiger partial charge in [0.1, 0.15) is 0 Å². The van der Waals surface area contributed by atoms with Crippen LogP contribution in [-0.2, 0) is 15.6 Å². The van der Waals surface area contributed by atoms with Crippen molar-refractivity contribution in [3.8, 4) is 0 Å². The molecule has 6 nitrogen and oxygen atoms in total. The Labute approximate surface area is 168 Å². The van der Waals surface area contributed by atoms with E-state index in [0.717, 1.165) is 24.8 Å². The van der Waals surface area contributed by atoms with Gasteiger partial charge in [0, 0.05) is 25.7 Å². The van der Waals surface area contributed by atoms with Gasteiger partial charge in [-0.2, -0.15) is 4.31 Å². The second-order valence-corrected chi connectivity index (χ2v) is 10.7. The van der Waals surface area contributed by atoms with Crippen LogP contribution in [0.1, 0.15) is 57.9 Å². The van der Waals surface area contributed by atoms with Gasteiger partial charge in [-0.3, -0.25) is 0 Å². The molecule has 2 amide bonds. The number of nitrogens with one attached hydrogen (secondary N) is 1. The average molecular weight is 406 g/mol. The Morgan fingerprint density at radius 1 is 1.25 bits per heavy atom. The molecule has 4 rings (SSSR count). The molecule has 7 heteroatoms. The van der Waals surface area contributed by atoms with E-state index >= 15 is 0 Å². The van der Waals surface area contributed by atoms with Crippen LogP contribution in [-0.4, -0.2) is 49.3 Å². The standard InChI is InChI=1S/C21H31N3O3S/c1-16(2)11-13-24-21(18-9-5-6-10-19(18)28(24,26)27)12-14-23(15-21)20(25)22-17-7-3-4-8-17/h5-6,9-10,16-17H,3-4,7-8,11-15H2,1-2H3,(H,22,25)/t21-/m0/s1. The quantitative estimate of drug-likeness (QED) is 0.836. The van der Waals surface area contributed by atoms with Crippen LogP contribution in [0.4, 0.5) is 4.79 Å². The van der Waals surface area contributed by atoms with Gasteiger partial charge in [0.2, 0.25) is 10.0 Å². The van der Waals surface area contributed by atoms with Gasteiger partial charge in [-0.1, -0.05) is 44.9 Å². The Bertz CT molecular complexity index is 848. The number of carbonyl (C=O) groups is 1. The SMILES string of the molecule is CC(C)CCN1[C@]2(CCN(C(=O)NC3CCCC3)C2)c2ccccc2S1(=O)=O. The average Bonchev–Trinajstić information content (AvgIpc) is 3.35. The molecule has 2 heterocycles. The van der Waals surface area contributed by atoms with E-state index in [1.165, 1.54) is 12.8 Å². The maximum atomic E-state index is 13.3. The molecular formula is C21H31N3O3S. The maximum Gasteiger partial charge on any atom is 0.317 e. The summed E-state index contributed by atoms with van der Waals surface area (Å²) < 4.78 is 28.3. The third kappa shape index (κ3) is 3.22. The topological polar surface area (TPSA) is 69.7 Å². The molecule has 1 saturated carbocycles. The molecule has 2 fully saturated rings. The van der Waals surface area contributed by atoms with E-state index in [4.69, 9.17) is 0 Å². The minimum atomic E-state index is -3.53. The number of urea groups is 1. The van der Waals surface area contributed by atoms with Crippen molar-refractivity contribution in [3.63, 3.8) is 0 Å². The lowest BCUT2D eigenvalue weighted by molar-refractivity contribution is 0.176. The van der Waals surface area contributed by atoms with E-state index in [2.05, 4.69) is 19.2 Å². The third-order valence-corrected chi connectivity index (χ3v) is 8.59. The van der Waals surface area contributed by atoms with Crippen LogP contribution < -0.4 is 5.32 Å². The fourth-order valence-electron chi connectivity index (χ4n) is 5.00. The van der Waals surface area contributed by atoms with Crippen LogP contribution in [0.3, 0.4) is 0 Å². The van der Waals surface area contributed by atoms with Crippen molar-refractivity contribution < 1.29 is 13.2 Å². The van der Waals surface area contributed by atoms with E-state index in [9.17, 15) is 13.2 Å². The van der Waals surface area contributed by atoms with Crippen molar-refractivity contribution in [1.82, 2.24) is 14.5 Å². The molecule has 1 aromatic rings. The van der Waals surface area contributed by atoms with E-state index in [-0.39, 0.29) is 12.1 Å². The number of carbonyl (C=O) groups excluding carboxylic acids is 1. The zero-order chi connectivity index (χ0) is 19.9. The smallest absolute Gasteiger partial charge is 0.317 e. The van der Waals surface area contributed by atoms with Crippen molar-refractivity contribution in [3.05, 3.63) is 29.8 Å². The minimum absolute atomic E-state index is 0.0469. The summed E-state index contributed by atoms with van der Waals surface area (Å²) in [6.45, 7) is 5.73. The summed E-state index contributed by atoms with van der Waals surface area (Å²) in [6.07, 6.45) is 5.89. The van der Waals surface area contributed by atoms with E-state index in [0.29, 0.717) is 36.9 Å². The highest BCUT2D eigenvalue weighted by molar-refractivity contribution is 7.89. The molecule has 3 aliphatic rings. The van der Waals surface area contributed by atoms with Gasteiger partial charge in [0.25, 0.3) is 0 Å². The molecule has 28 heavy (non-hydrogen) atoms. The minimum Gasteiger partial charge on any atom is -0.335 e. The van der Waals surface area contributed by atoms with Crippen molar-refractivity contribution >= 4 is 16.1 Å². The van der Waals surface area contributed by atoms with Crippen LogP contribution in [0, 0.1) is 5.92 Å². The first kappa shape index (κ1) is 19.7. The summed E-state index contributed by atoms with van der Waals surface area (Å²) in [5, 5.41) is 3.16. The largest absolute Gasteiger partial charge is 0.335 e. The van der Waals surface area contributed by atoms with Crippen molar-refractivity contribution in [2.24, 2.45) is 5.92 Å². The van der Waals surface area contributed by atoms with Crippen molar-refractivity contribution in [1.29, 1.82) is 0 Å². The Balaban J connectivity index is 1.62. The number of benzene rings is 1. The van der Waals surface area contributed by atoms with Gasteiger partial charge >= 0.3 is 6.03 Å². The van der Waals surface area contributed by atoms with Gasteiger partial charge in [-0.15, -0.1) is 0 Å². The summed E-state index contributed by atoms with van der Waals surface area (Å²) in [5.74, 6) is 0.416. The van der Waals surface area contributed by atoms with Gasteiger partial charge in [-0.25, -0.2) is 13.2 Å². The molecule has 0 unspecified atom stereocenters.